The van der Waals surface area contributed by atoms with Crippen molar-refractivity contribution >= 4 is 41.2 Å². The van der Waals surface area contributed by atoms with E-state index in [1.807, 2.05) is 36.1 Å². The molecule has 0 bridgehead atoms. The molecule has 0 unspecified atom stereocenters. The molecule has 2 aromatic rings. The zero-order valence-electron chi connectivity index (χ0n) is 14.8. The third kappa shape index (κ3) is 4.51. The van der Waals surface area contributed by atoms with Crippen LogP contribution in [0.1, 0.15) is 25.8 Å². The first kappa shape index (κ1) is 18.6. The van der Waals surface area contributed by atoms with Crippen LogP contribution >= 0.6 is 35.3 Å². The van der Waals surface area contributed by atoms with Gasteiger partial charge in [0.2, 0.25) is 5.91 Å². The topological polar surface area (TPSA) is 38.1 Å². The second-order valence-corrected chi connectivity index (χ2v) is 9.71. The Balaban J connectivity index is 1.66. The van der Waals surface area contributed by atoms with Gasteiger partial charge in [0, 0.05) is 13.1 Å². The summed E-state index contributed by atoms with van der Waals surface area (Å²) in [7, 11) is 0. The van der Waals surface area contributed by atoms with Crippen LogP contribution in [0.15, 0.2) is 28.6 Å². The number of carbonyl (C=O) groups is 1. The van der Waals surface area contributed by atoms with Crippen LogP contribution in [0.25, 0.3) is 5.69 Å². The third-order valence-corrected chi connectivity index (χ3v) is 6.76. The van der Waals surface area contributed by atoms with Crippen LogP contribution in [-0.2, 0) is 4.79 Å². The van der Waals surface area contributed by atoms with Crippen LogP contribution < -0.4 is 0 Å². The van der Waals surface area contributed by atoms with Crippen LogP contribution in [0.4, 0.5) is 0 Å². The molecule has 1 fully saturated rings. The zero-order chi connectivity index (χ0) is 18.0. The number of hydrogen-bond acceptors (Lipinski definition) is 5. The summed E-state index contributed by atoms with van der Waals surface area (Å²) in [5.41, 5.74) is 2.13. The number of para-hydroxylation sites is 1. The van der Waals surface area contributed by atoms with Crippen molar-refractivity contribution in [1.29, 1.82) is 0 Å². The second kappa shape index (κ2) is 8.01. The lowest BCUT2D eigenvalue weighted by Crippen LogP contribution is -2.43. The Hall–Kier alpha value is -1.18. The molecule has 0 spiro atoms. The Bertz CT molecular complexity index is 804. The van der Waals surface area contributed by atoms with Crippen molar-refractivity contribution in [3.05, 3.63) is 33.8 Å². The van der Waals surface area contributed by atoms with E-state index in [4.69, 9.17) is 12.2 Å². The fraction of sp³-hybridized carbons (Fsp3) is 0.500. The number of benzene rings is 1. The maximum atomic E-state index is 12.5. The fourth-order valence-electron chi connectivity index (χ4n) is 3.35. The van der Waals surface area contributed by atoms with E-state index < -0.39 is 0 Å². The average Bonchev–Trinajstić information content (AvgIpc) is 2.93. The number of rotatable bonds is 4. The summed E-state index contributed by atoms with van der Waals surface area (Å²) in [5.74, 6) is 1.79. The van der Waals surface area contributed by atoms with Crippen molar-refractivity contribution in [3.8, 4) is 5.69 Å². The molecule has 25 heavy (non-hydrogen) atoms. The molecule has 2 atom stereocenters. The predicted octanol–water partition coefficient (Wildman–Crippen LogP) is 4.57. The Kier molecular flexibility index (Phi) is 5.96. The van der Waals surface area contributed by atoms with E-state index in [1.165, 1.54) is 29.5 Å². The Morgan fingerprint density at radius 2 is 2.00 bits per heavy atom. The molecule has 0 radical (unpaired) electrons. The number of aryl methyl sites for hydroxylation is 1. The summed E-state index contributed by atoms with van der Waals surface area (Å²) in [5, 5.41) is 4.61. The number of amides is 1. The highest BCUT2D eigenvalue weighted by Gasteiger charge is 2.25. The monoisotopic (exact) mass is 393 g/mol. The lowest BCUT2D eigenvalue weighted by Gasteiger charge is -2.34. The Labute approximate surface area is 162 Å². The van der Waals surface area contributed by atoms with Gasteiger partial charge in [0.15, 0.2) is 8.29 Å². The molecule has 2 heterocycles. The molecular weight excluding hydrogens is 370 g/mol. The number of aromatic nitrogens is 2. The molecule has 1 saturated heterocycles. The maximum Gasteiger partial charge on any atom is 0.233 e. The minimum atomic E-state index is 0.201. The van der Waals surface area contributed by atoms with Gasteiger partial charge in [-0.1, -0.05) is 55.1 Å². The summed E-state index contributed by atoms with van der Waals surface area (Å²) in [6.07, 6.45) is 1.21. The van der Waals surface area contributed by atoms with E-state index in [9.17, 15) is 4.79 Å². The number of hydrogen-bond donors (Lipinski definition) is 0. The largest absolute Gasteiger partial charge is 0.341 e. The predicted molar refractivity (Wildman–Crippen MR) is 107 cm³/mol. The molecule has 1 aliphatic rings. The van der Waals surface area contributed by atoms with Gasteiger partial charge in [-0.05, 0) is 49.0 Å². The van der Waals surface area contributed by atoms with Crippen LogP contribution in [0.3, 0.4) is 0 Å². The highest BCUT2D eigenvalue weighted by Crippen LogP contribution is 2.27. The molecule has 0 aliphatic carbocycles. The standard InChI is InChI=1S/C18H23N3OS3/c1-12-8-13(2)10-20(9-12)16(22)11-24-17-19-21(18(23)25-17)15-7-5-4-6-14(15)3/h4-7,12-13H,8-11H2,1-3H3/t12-,13+. The molecule has 7 heteroatoms. The van der Waals surface area contributed by atoms with Gasteiger partial charge < -0.3 is 4.90 Å². The summed E-state index contributed by atoms with van der Waals surface area (Å²) in [4.78, 5) is 14.5. The quantitative estimate of drug-likeness (QED) is 0.563. The molecule has 1 aliphatic heterocycles. The normalized spacial score (nSPS) is 20.7. The summed E-state index contributed by atoms with van der Waals surface area (Å²) < 4.78 is 3.36. The lowest BCUT2D eigenvalue weighted by atomic mass is 9.92. The number of piperidine rings is 1. The van der Waals surface area contributed by atoms with Crippen molar-refractivity contribution in [1.82, 2.24) is 14.7 Å². The van der Waals surface area contributed by atoms with Gasteiger partial charge in [0.05, 0.1) is 11.4 Å². The minimum absolute atomic E-state index is 0.201. The van der Waals surface area contributed by atoms with Crippen LogP contribution in [-0.4, -0.2) is 39.4 Å². The molecule has 0 saturated carbocycles. The molecule has 134 valence electrons. The lowest BCUT2D eigenvalue weighted by molar-refractivity contribution is -0.130. The first-order valence-electron chi connectivity index (χ1n) is 8.50. The van der Waals surface area contributed by atoms with Crippen LogP contribution in [0.5, 0.6) is 0 Å². The zero-order valence-corrected chi connectivity index (χ0v) is 17.2. The van der Waals surface area contributed by atoms with Crippen molar-refractivity contribution in [2.75, 3.05) is 18.8 Å². The molecule has 1 aromatic heterocycles. The third-order valence-electron chi connectivity index (χ3n) is 4.41. The molecule has 1 aromatic carbocycles. The second-order valence-electron chi connectivity index (χ2n) is 6.87. The average molecular weight is 394 g/mol. The fourth-order valence-corrected chi connectivity index (χ4v) is 5.60. The summed E-state index contributed by atoms with van der Waals surface area (Å²) in [6, 6.07) is 8.05. The van der Waals surface area contributed by atoms with E-state index in [1.54, 1.807) is 4.68 Å². The van der Waals surface area contributed by atoms with E-state index >= 15 is 0 Å². The van der Waals surface area contributed by atoms with Gasteiger partial charge in [-0.25, -0.2) is 4.68 Å². The van der Waals surface area contributed by atoms with Gasteiger partial charge >= 0.3 is 0 Å². The molecule has 3 rings (SSSR count). The first-order chi connectivity index (χ1) is 11.9. The summed E-state index contributed by atoms with van der Waals surface area (Å²) in [6.45, 7) is 8.23. The van der Waals surface area contributed by atoms with Gasteiger partial charge in [0.25, 0.3) is 0 Å². The Morgan fingerprint density at radius 1 is 1.32 bits per heavy atom. The molecule has 1 amide bonds. The first-order valence-corrected chi connectivity index (χ1v) is 10.7. The van der Waals surface area contributed by atoms with Gasteiger partial charge in [-0.2, -0.15) is 0 Å². The number of carbonyl (C=O) groups excluding carboxylic acids is 1. The summed E-state index contributed by atoms with van der Waals surface area (Å²) >= 11 is 8.42. The molecule has 0 N–H and O–H groups in total. The van der Waals surface area contributed by atoms with Crippen molar-refractivity contribution < 1.29 is 4.79 Å². The van der Waals surface area contributed by atoms with E-state index in [0.717, 1.165) is 28.7 Å². The van der Waals surface area contributed by atoms with Crippen LogP contribution in [0, 0.1) is 22.7 Å². The number of likely N-dealkylation sites (tertiary alicyclic amines) is 1. The van der Waals surface area contributed by atoms with Crippen LogP contribution in [0.2, 0.25) is 0 Å². The minimum Gasteiger partial charge on any atom is -0.341 e. The van der Waals surface area contributed by atoms with Gasteiger partial charge in [0.1, 0.15) is 0 Å². The highest BCUT2D eigenvalue weighted by atomic mass is 32.2. The van der Waals surface area contributed by atoms with E-state index in [0.29, 0.717) is 21.5 Å². The maximum absolute atomic E-state index is 12.5. The van der Waals surface area contributed by atoms with Crippen molar-refractivity contribution in [3.63, 3.8) is 0 Å². The molecule has 4 nitrogen and oxygen atoms in total. The highest BCUT2D eigenvalue weighted by molar-refractivity contribution is 8.01. The van der Waals surface area contributed by atoms with E-state index in [2.05, 4.69) is 18.9 Å². The Morgan fingerprint density at radius 3 is 2.68 bits per heavy atom. The van der Waals surface area contributed by atoms with E-state index in [-0.39, 0.29) is 5.91 Å². The van der Waals surface area contributed by atoms with Crippen molar-refractivity contribution in [2.45, 2.75) is 31.5 Å². The van der Waals surface area contributed by atoms with Crippen molar-refractivity contribution in [2.24, 2.45) is 11.8 Å². The number of thioether (sulfide) groups is 1. The molecular formula is C18H23N3OS3. The van der Waals surface area contributed by atoms with Gasteiger partial charge in [-0.15, -0.1) is 5.10 Å². The van der Waals surface area contributed by atoms with Gasteiger partial charge in [-0.3, -0.25) is 4.79 Å². The smallest absolute Gasteiger partial charge is 0.233 e. The SMILES string of the molecule is Cc1ccccc1-n1nc(SCC(=O)N2C[C@H](C)C[C@H](C)C2)sc1=S. The number of nitrogens with zero attached hydrogens (tertiary/aromatic N) is 3.